The first-order chi connectivity index (χ1) is 8.48. The fourth-order valence-corrected chi connectivity index (χ4v) is 3.64. The Balaban J connectivity index is 2.41. The van der Waals surface area contributed by atoms with Gasteiger partial charge >= 0.3 is 0 Å². The van der Waals surface area contributed by atoms with Crippen molar-refractivity contribution < 1.29 is 0 Å². The van der Waals surface area contributed by atoms with E-state index in [1.807, 2.05) is 0 Å². The molecule has 1 nitrogen and oxygen atoms in total. The van der Waals surface area contributed by atoms with Gasteiger partial charge in [-0.15, -0.1) is 0 Å². The zero-order valence-electron chi connectivity index (χ0n) is 12.6. The lowest BCUT2D eigenvalue weighted by atomic mass is 9.75. The van der Waals surface area contributed by atoms with Crippen LogP contribution >= 0.6 is 0 Å². The Labute approximate surface area is 112 Å². The second-order valence-corrected chi connectivity index (χ2v) is 6.38. The minimum Gasteiger partial charge on any atom is -0.313 e. The molecule has 1 N–H and O–H groups in total. The van der Waals surface area contributed by atoms with Crippen molar-refractivity contribution in [2.75, 3.05) is 7.05 Å². The Morgan fingerprint density at radius 3 is 2.11 bits per heavy atom. The molecule has 0 amide bonds. The van der Waals surface area contributed by atoms with Crippen LogP contribution in [0.3, 0.4) is 0 Å². The number of nitrogens with one attached hydrogen (secondary N) is 1. The molecule has 2 rings (SSSR count). The summed E-state index contributed by atoms with van der Waals surface area (Å²) in [6, 6.07) is 5.24. The van der Waals surface area contributed by atoms with Crippen LogP contribution < -0.4 is 5.32 Å². The van der Waals surface area contributed by atoms with Gasteiger partial charge in [0.15, 0.2) is 0 Å². The van der Waals surface area contributed by atoms with Gasteiger partial charge in [-0.25, -0.2) is 0 Å². The van der Waals surface area contributed by atoms with E-state index in [1.165, 1.54) is 47.9 Å². The molecule has 0 spiro atoms. The lowest BCUT2D eigenvalue weighted by Gasteiger charge is -2.35. The third-order valence-electron chi connectivity index (χ3n) is 4.92. The van der Waals surface area contributed by atoms with Crippen molar-refractivity contribution in [1.29, 1.82) is 0 Å². The first kappa shape index (κ1) is 13.6. The minimum atomic E-state index is 0.432. The molecule has 1 fully saturated rings. The summed E-state index contributed by atoms with van der Waals surface area (Å²) in [6.45, 7) is 9.14. The van der Waals surface area contributed by atoms with Crippen LogP contribution in [-0.4, -0.2) is 7.05 Å². The second kappa shape index (κ2) is 5.05. The van der Waals surface area contributed by atoms with Crippen LogP contribution in [0.25, 0.3) is 0 Å². The maximum absolute atomic E-state index is 3.59. The van der Waals surface area contributed by atoms with Gasteiger partial charge in [0.05, 0.1) is 0 Å². The molecule has 0 bridgehead atoms. The van der Waals surface area contributed by atoms with Gasteiger partial charge in [0.1, 0.15) is 0 Å². The summed E-state index contributed by atoms with van der Waals surface area (Å²) in [7, 11) is 2.11. The van der Waals surface area contributed by atoms with E-state index in [0.29, 0.717) is 11.5 Å². The van der Waals surface area contributed by atoms with Crippen molar-refractivity contribution in [3.8, 4) is 0 Å². The van der Waals surface area contributed by atoms with Crippen molar-refractivity contribution >= 4 is 0 Å². The maximum Gasteiger partial charge on any atom is 0.0374 e. The summed E-state index contributed by atoms with van der Waals surface area (Å²) >= 11 is 0. The fraction of sp³-hybridized carbons (Fsp3) is 0.647. The van der Waals surface area contributed by atoms with E-state index in [0.717, 1.165) is 0 Å². The lowest BCUT2D eigenvalue weighted by molar-refractivity contribution is 0.233. The van der Waals surface area contributed by atoms with Gasteiger partial charge < -0.3 is 5.32 Å². The zero-order valence-corrected chi connectivity index (χ0v) is 12.6. The molecule has 0 aliphatic heterocycles. The first-order valence-electron chi connectivity index (χ1n) is 7.23. The van der Waals surface area contributed by atoms with Gasteiger partial charge in [0, 0.05) is 6.04 Å². The van der Waals surface area contributed by atoms with Crippen LogP contribution in [0.15, 0.2) is 12.1 Å². The van der Waals surface area contributed by atoms with E-state index in [4.69, 9.17) is 0 Å². The van der Waals surface area contributed by atoms with Gasteiger partial charge in [-0.2, -0.15) is 0 Å². The summed E-state index contributed by atoms with van der Waals surface area (Å²) in [5.41, 5.74) is 6.19. The van der Waals surface area contributed by atoms with Crippen molar-refractivity contribution in [3.05, 3.63) is 34.4 Å². The third kappa shape index (κ3) is 2.33. The van der Waals surface area contributed by atoms with Crippen LogP contribution in [-0.2, 0) is 0 Å². The maximum atomic E-state index is 3.59. The third-order valence-corrected chi connectivity index (χ3v) is 4.92. The summed E-state index contributed by atoms with van der Waals surface area (Å²) in [4.78, 5) is 0. The second-order valence-electron chi connectivity index (χ2n) is 6.38. The highest BCUT2D eigenvalue weighted by Gasteiger charge is 2.37. The molecule has 18 heavy (non-hydrogen) atoms. The molecular formula is C17H27N. The molecule has 1 aliphatic carbocycles. The molecule has 0 radical (unpaired) electrons. The van der Waals surface area contributed by atoms with Crippen LogP contribution in [0.2, 0.25) is 0 Å². The zero-order chi connectivity index (χ0) is 13.3. The number of hydrogen-bond acceptors (Lipinski definition) is 1. The summed E-state index contributed by atoms with van der Waals surface area (Å²) in [6.07, 6.45) is 5.48. The van der Waals surface area contributed by atoms with Crippen LogP contribution in [0, 0.1) is 26.2 Å². The molecule has 1 aromatic carbocycles. The van der Waals surface area contributed by atoms with E-state index >= 15 is 0 Å². The Morgan fingerprint density at radius 2 is 1.56 bits per heavy atom. The van der Waals surface area contributed by atoms with Crippen LogP contribution in [0.1, 0.15) is 60.9 Å². The topological polar surface area (TPSA) is 12.0 Å². The number of rotatable bonds is 3. The minimum absolute atomic E-state index is 0.432. The molecular weight excluding hydrogens is 218 g/mol. The smallest absolute Gasteiger partial charge is 0.0374 e. The van der Waals surface area contributed by atoms with E-state index in [2.05, 4.69) is 52.2 Å². The predicted molar refractivity (Wildman–Crippen MR) is 79.0 cm³/mol. The summed E-state index contributed by atoms with van der Waals surface area (Å²) in [5.74, 6) is 0. The molecule has 1 heteroatoms. The Morgan fingerprint density at radius 1 is 1.00 bits per heavy atom. The highest BCUT2D eigenvalue weighted by atomic mass is 14.9. The quantitative estimate of drug-likeness (QED) is 0.829. The van der Waals surface area contributed by atoms with Crippen LogP contribution in [0.4, 0.5) is 0 Å². The molecule has 1 atom stereocenters. The molecule has 1 aliphatic rings. The molecule has 1 unspecified atom stereocenters. The van der Waals surface area contributed by atoms with E-state index in [1.54, 1.807) is 0 Å². The van der Waals surface area contributed by atoms with E-state index in [-0.39, 0.29) is 0 Å². The summed E-state index contributed by atoms with van der Waals surface area (Å²) < 4.78 is 0. The van der Waals surface area contributed by atoms with Crippen molar-refractivity contribution in [2.24, 2.45) is 5.41 Å². The monoisotopic (exact) mass is 245 g/mol. The number of aryl methyl sites for hydroxylation is 3. The molecule has 1 aromatic rings. The van der Waals surface area contributed by atoms with E-state index in [9.17, 15) is 0 Å². The van der Waals surface area contributed by atoms with Gasteiger partial charge in [-0.05, 0) is 68.3 Å². The van der Waals surface area contributed by atoms with Gasteiger partial charge in [-0.1, -0.05) is 31.9 Å². The fourth-order valence-electron chi connectivity index (χ4n) is 3.64. The first-order valence-corrected chi connectivity index (χ1v) is 7.23. The Hall–Kier alpha value is -0.820. The van der Waals surface area contributed by atoms with Gasteiger partial charge in [0.25, 0.3) is 0 Å². The van der Waals surface area contributed by atoms with Crippen molar-refractivity contribution in [3.63, 3.8) is 0 Å². The number of hydrogen-bond donors (Lipinski definition) is 1. The number of benzene rings is 1. The molecule has 0 saturated heterocycles. The lowest BCUT2D eigenvalue weighted by Crippen LogP contribution is -2.32. The molecule has 1 saturated carbocycles. The highest BCUT2D eigenvalue weighted by molar-refractivity contribution is 5.39. The average Bonchev–Trinajstić information content (AvgIpc) is 2.74. The van der Waals surface area contributed by atoms with Gasteiger partial charge in [0.2, 0.25) is 0 Å². The average molecular weight is 245 g/mol. The SMILES string of the molecule is CNC(c1cc(C)c(C)cc1C)C1(C)CCCC1. The normalized spacial score (nSPS) is 20.1. The highest BCUT2D eigenvalue weighted by Crippen LogP contribution is 2.47. The van der Waals surface area contributed by atoms with Gasteiger partial charge in [-0.3, -0.25) is 0 Å². The van der Waals surface area contributed by atoms with Crippen molar-refractivity contribution in [2.45, 2.75) is 59.4 Å². The largest absolute Gasteiger partial charge is 0.313 e. The standard InChI is InChI=1S/C17H27N/c1-12-10-14(3)15(11-13(12)2)16(18-5)17(4)8-6-7-9-17/h10-11,16,18H,6-9H2,1-5H3. The van der Waals surface area contributed by atoms with Crippen LogP contribution in [0.5, 0.6) is 0 Å². The Bertz CT molecular complexity index is 427. The Kier molecular flexibility index (Phi) is 3.82. The van der Waals surface area contributed by atoms with E-state index < -0.39 is 0 Å². The predicted octanol–water partition coefficient (Wildman–Crippen LogP) is 4.45. The molecule has 100 valence electrons. The molecule has 0 aromatic heterocycles. The summed E-state index contributed by atoms with van der Waals surface area (Å²) in [5, 5.41) is 3.59. The molecule has 0 heterocycles. The van der Waals surface area contributed by atoms with Crippen molar-refractivity contribution in [1.82, 2.24) is 5.32 Å².